The number of hydrogen-bond acceptors (Lipinski definition) is 3. The van der Waals surface area contributed by atoms with Gasteiger partial charge in [-0.1, -0.05) is 42.5 Å². The van der Waals surface area contributed by atoms with Crippen molar-refractivity contribution in [3.63, 3.8) is 0 Å². The third-order valence-corrected chi connectivity index (χ3v) is 4.68. The number of nitriles is 1. The number of allylic oxidation sites excluding steroid dienone is 1. The molecular formula is C23H18N4O. The van der Waals surface area contributed by atoms with E-state index in [9.17, 15) is 10.1 Å². The van der Waals surface area contributed by atoms with Crippen LogP contribution in [0, 0.1) is 18.3 Å². The lowest BCUT2D eigenvalue weighted by Gasteiger charge is -2.01. The molecular weight excluding hydrogens is 348 g/mol. The summed E-state index contributed by atoms with van der Waals surface area (Å²) < 4.78 is 1.79. The highest BCUT2D eigenvalue weighted by Crippen LogP contribution is 2.24. The number of fused-ring (bicyclic) bond motifs is 1. The predicted octanol–water partition coefficient (Wildman–Crippen LogP) is 4.51. The van der Waals surface area contributed by atoms with Gasteiger partial charge in [0.05, 0.1) is 12.7 Å². The van der Waals surface area contributed by atoms with Gasteiger partial charge >= 0.3 is 0 Å². The van der Waals surface area contributed by atoms with Crippen LogP contribution < -0.4 is 0 Å². The van der Waals surface area contributed by atoms with Crippen LogP contribution in [0.1, 0.15) is 27.0 Å². The number of benzene rings is 2. The van der Waals surface area contributed by atoms with Crippen molar-refractivity contribution in [1.29, 1.82) is 5.26 Å². The highest BCUT2D eigenvalue weighted by molar-refractivity contribution is 6.20. The van der Waals surface area contributed by atoms with Gasteiger partial charge in [-0.25, -0.2) is 0 Å². The van der Waals surface area contributed by atoms with E-state index in [1.807, 2.05) is 67.7 Å². The number of aromatic nitrogens is 3. The summed E-state index contributed by atoms with van der Waals surface area (Å²) in [7, 11) is 0. The fraction of sp³-hybridized carbons (Fsp3) is 0.0870. The summed E-state index contributed by atoms with van der Waals surface area (Å²) >= 11 is 0. The Morgan fingerprint density at radius 1 is 1.21 bits per heavy atom. The molecule has 5 heteroatoms. The number of ketones is 1. The lowest BCUT2D eigenvalue weighted by Crippen LogP contribution is -2.01. The van der Waals surface area contributed by atoms with Crippen LogP contribution in [0.3, 0.4) is 0 Å². The number of nitrogens with zero attached hydrogens (tertiary/aromatic N) is 3. The van der Waals surface area contributed by atoms with E-state index < -0.39 is 0 Å². The Hall–Kier alpha value is -3.91. The van der Waals surface area contributed by atoms with Gasteiger partial charge in [0, 0.05) is 34.4 Å². The van der Waals surface area contributed by atoms with Gasteiger partial charge in [-0.3, -0.25) is 9.48 Å². The molecule has 0 amide bonds. The van der Waals surface area contributed by atoms with Gasteiger partial charge in [-0.05, 0) is 30.2 Å². The van der Waals surface area contributed by atoms with Gasteiger partial charge in [0.2, 0.25) is 5.78 Å². The second-order valence-electron chi connectivity index (χ2n) is 6.66. The fourth-order valence-corrected chi connectivity index (χ4v) is 3.32. The van der Waals surface area contributed by atoms with Crippen LogP contribution in [0.25, 0.3) is 17.0 Å². The number of H-pyrrole nitrogens is 1. The van der Waals surface area contributed by atoms with E-state index in [1.54, 1.807) is 23.2 Å². The van der Waals surface area contributed by atoms with Gasteiger partial charge in [-0.2, -0.15) is 10.4 Å². The maximum Gasteiger partial charge on any atom is 0.205 e. The lowest BCUT2D eigenvalue weighted by molar-refractivity contribution is 0.104. The molecule has 0 aliphatic heterocycles. The van der Waals surface area contributed by atoms with Crippen molar-refractivity contribution in [3.05, 3.63) is 94.9 Å². The van der Waals surface area contributed by atoms with Crippen LogP contribution in [0.5, 0.6) is 0 Å². The van der Waals surface area contributed by atoms with E-state index >= 15 is 0 Å². The minimum Gasteiger partial charge on any atom is -0.360 e. The molecule has 0 unspecified atom stereocenters. The Morgan fingerprint density at radius 2 is 2.04 bits per heavy atom. The topological polar surface area (TPSA) is 74.5 Å². The van der Waals surface area contributed by atoms with E-state index in [2.05, 4.69) is 10.1 Å². The van der Waals surface area contributed by atoms with Crippen molar-refractivity contribution >= 4 is 22.8 Å². The summed E-state index contributed by atoms with van der Waals surface area (Å²) in [5.41, 5.74) is 4.33. The molecule has 28 heavy (non-hydrogen) atoms. The van der Waals surface area contributed by atoms with Crippen LogP contribution >= 0.6 is 0 Å². The first-order chi connectivity index (χ1) is 13.7. The zero-order chi connectivity index (χ0) is 19.5. The number of aromatic amines is 1. The van der Waals surface area contributed by atoms with E-state index in [1.165, 1.54) is 0 Å². The average molecular weight is 366 g/mol. The highest BCUT2D eigenvalue weighted by atomic mass is 16.1. The lowest BCUT2D eigenvalue weighted by atomic mass is 9.99. The van der Waals surface area contributed by atoms with Gasteiger partial charge in [0.1, 0.15) is 11.6 Å². The summed E-state index contributed by atoms with van der Waals surface area (Å²) in [5.74, 6) is -0.293. The Balaban J connectivity index is 1.63. The van der Waals surface area contributed by atoms with Gasteiger partial charge < -0.3 is 4.98 Å². The number of carbonyl (C=O) groups is 1. The SMILES string of the molecule is Cc1cccc2[nH]cc(C(=O)/C(C#N)=C\c3cnn(Cc4ccccc4)c3)c12. The maximum absolute atomic E-state index is 13.0. The van der Waals surface area contributed by atoms with Crippen molar-refractivity contribution in [2.24, 2.45) is 0 Å². The molecule has 0 bridgehead atoms. The molecule has 0 atom stereocenters. The average Bonchev–Trinajstić information content (AvgIpc) is 3.34. The molecule has 4 aromatic rings. The number of rotatable bonds is 5. The van der Waals surface area contributed by atoms with Crippen molar-refractivity contribution in [2.45, 2.75) is 13.5 Å². The van der Waals surface area contributed by atoms with Crippen LogP contribution in [0.4, 0.5) is 0 Å². The second-order valence-corrected chi connectivity index (χ2v) is 6.66. The number of aryl methyl sites for hydroxylation is 1. The van der Waals surface area contributed by atoms with Gasteiger partial charge in [0.15, 0.2) is 0 Å². The van der Waals surface area contributed by atoms with Crippen LogP contribution in [0.15, 0.2) is 72.7 Å². The standard InChI is InChI=1S/C23H18N4O/c1-16-6-5-9-21-22(16)20(13-25-21)23(28)19(11-24)10-18-12-26-27(15-18)14-17-7-3-2-4-8-17/h2-10,12-13,15,25H,14H2,1H3/b19-10-. The largest absolute Gasteiger partial charge is 0.360 e. The summed E-state index contributed by atoms with van der Waals surface area (Å²) in [4.78, 5) is 16.1. The number of hydrogen-bond donors (Lipinski definition) is 1. The third kappa shape index (κ3) is 3.36. The molecule has 136 valence electrons. The molecule has 2 aromatic carbocycles. The maximum atomic E-state index is 13.0. The normalized spacial score (nSPS) is 11.5. The van der Waals surface area contributed by atoms with Gasteiger partial charge in [-0.15, -0.1) is 0 Å². The van der Waals surface area contributed by atoms with Gasteiger partial charge in [0.25, 0.3) is 0 Å². The Labute approximate surface area is 162 Å². The molecule has 4 rings (SSSR count). The summed E-state index contributed by atoms with van der Waals surface area (Å²) in [6, 6.07) is 17.8. The Bertz CT molecular complexity index is 1220. The number of carbonyl (C=O) groups excluding carboxylic acids is 1. The van der Waals surface area contributed by atoms with Crippen molar-refractivity contribution in [1.82, 2.24) is 14.8 Å². The van der Waals surface area contributed by atoms with E-state index in [0.717, 1.165) is 27.6 Å². The first-order valence-electron chi connectivity index (χ1n) is 8.95. The molecule has 0 saturated heterocycles. The Morgan fingerprint density at radius 3 is 2.82 bits per heavy atom. The van der Waals surface area contributed by atoms with E-state index in [-0.39, 0.29) is 11.4 Å². The second kappa shape index (κ2) is 7.37. The first kappa shape index (κ1) is 17.5. The molecule has 0 aliphatic carbocycles. The van der Waals surface area contributed by atoms with Crippen LogP contribution in [0.2, 0.25) is 0 Å². The van der Waals surface area contributed by atoms with Crippen molar-refractivity contribution < 1.29 is 4.79 Å². The molecule has 0 radical (unpaired) electrons. The predicted molar refractivity (Wildman–Crippen MR) is 109 cm³/mol. The minimum atomic E-state index is -0.293. The molecule has 0 spiro atoms. The summed E-state index contributed by atoms with van der Waals surface area (Å²) in [5, 5.41) is 14.7. The minimum absolute atomic E-state index is 0.0865. The van der Waals surface area contributed by atoms with Crippen LogP contribution in [-0.2, 0) is 6.54 Å². The number of nitrogens with one attached hydrogen (secondary N) is 1. The molecule has 0 aliphatic rings. The van der Waals surface area contributed by atoms with Crippen LogP contribution in [-0.4, -0.2) is 20.5 Å². The quantitative estimate of drug-likeness (QED) is 0.321. The first-order valence-corrected chi connectivity index (χ1v) is 8.95. The van der Waals surface area contributed by atoms with E-state index in [0.29, 0.717) is 12.1 Å². The fourth-order valence-electron chi connectivity index (χ4n) is 3.32. The smallest absolute Gasteiger partial charge is 0.205 e. The molecule has 5 nitrogen and oxygen atoms in total. The van der Waals surface area contributed by atoms with E-state index in [4.69, 9.17) is 0 Å². The molecule has 0 fully saturated rings. The zero-order valence-corrected chi connectivity index (χ0v) is 15.4. The molecule has 1 N–H and O–H groups in total. The molecule has 2 heterocycles. The zero-order valence-electron chi connectivity index (χ0n) is 15.4. The number of Topliss-reactive ketones (excluding diaryl/α,β-unsaturated/α-hetero) is 1. The summed E-state index contributed by atoms with van der Waals surface area (Å²) in [6.45, 7) is 2.59. The molecule has 2 aromatic heterocycles. The summed E-state index contributed by atoms with van der Waals surface area (Å²) in [6.07, 6.45) is 6.75. The highest BCUT2D eigenvalue weighted by Gasteiger charge is 2.18. The van der Waals surface area contributed by atoms with Crippen molar-refractivity contribution in [2.75, 3.05) is 0 Å². The monoisotopic (exact) mass is 366 g/mol. The van der Waals surface area contributed by atoms with Crippen molar-refractivity contribution in [3.8, 4) is 6.07 Å². The Kier molecular flexibility index (Phi) is 4.61. The third-order valence-electron chi connectivity index (χ3n) is 4.68. The molecule has 0 saturated carbocycles.